The van der Waals surface area contributed by atoms with E-state index in [1.807, 2.05) is 0 Å². The van der Waals surface area contributed by atoms with Crippen molar-refractivity contribution in [3.63, 3.8) is 0 Å². The molecule has 1 aliphatic rings. The third-order valence-corrected chi connectivity index (χ3v) is 3.74. The van der Waals surface area contributed by atoms with Crippen molar-refractivity contribution in [2.45, 2.75) is 19.4 Å². The summed E-state index contributed by atoms with van der Waals surface area (Å²) in [6.07, 6.45) is 2.31. The third-order valence-electron chi connectivity index (χ3n) is 3.74. The minimum atomic E-state index is 0. The minimum absolute atomic E-state index is 0. The van der Waals surface area contributed by atoms with Crippen LogP contribution in [-0.2, 0) is 13.0 Å². The second-order valence-electron chi connectivity index (χ2n) is 4.97. The van der Waals surface area contributed by atoms with Crippen LogP contribution in [0.25, 0.3) is 0 Å². The first-order valence-corrected chi connectivity index (χ1v) is 6.83. The summed E-state index contributed by atoms with van der Waals surface area (Å²) in [6, 6.07) is 17.0. The Balaban J connectivity index is 0.00000147. The standard InChI is InChI=1S/C17H19NO.ClH/c1-19-17-11-5-10-16-15(17)9-6-12-18(16)13-14-7-3-2-4-8-14;/h2-5,7-8,10-11H,6,9,12-13H2,1H3;1H. The van der Waals surface area contributed by atoms with Gasteiger partial charge in [-0.25, -0.2) is 0 Å². The van der Waals surface area contributed by atoms with Crippen LogP contribution in [0.15, 0.2) is 48.5 Å². The summed E-state index contributed by atoms with van der Waals surface area (Å²) in [5.74, 6) is 1.02. The van der Waals surface area contributed by atoms with Gasteiger partial charge >= 0.3 is 0 Å². The van der Waals surface area contributed by atoms with E-state index >= 15 is 0 Å². The smallest absolute Gasteiger partial charge is 0.124 e. The molecule has 0 spiro atoms. The average Bonchev–Trinajstić information content (AvgIpc) is 2.48. The quantitative estimate of drug-likeness (QED) is 0.844. The van der Waals surface area contributed by atoms with Crippen LogP contribution in [0.5, 0.6) is 5.75 Å². The molecule has 0 saturated carbocycles. The van der Waals surface area contributed by atoms with E-state index in [-0.39, 0.29) is 12.4 Å². The highest BCUT2D eigenvalue weighted by atomic mass is 35.5. The Kier molecular flexibility index (Phi) is 4.91. The van der Waals surface area contributed by atoms with Gasteiger partial charge in [0.2, 0.25) is 0 Å². The maximum atomic E-state index is 5.48. The number of benzene rings is 2. The molecule has 0 N–H and O–H groups in total. The lowest BCUT2D eigenvalue weighted by Gasteiger charge is -2.32. The molecular formula is C17H20ClNO. The van der Waals surface area contributed by atoms with Crippen LogP contribution in [0, 0.1) is 0 Å². The number of halogens is 1. The van der Waals surface area contributed by atoms with E-state index in [4.69, 9.17) is 4.74 Å². The molecule has 0 fully saturated rings. The van der Waals surface area contributed by atoms with Crippen LogP contribution in [0.3, 0.4) is 0 Å². The Bertz CT molecular complexity index is 556. The van der Waals surface area contributed by atoms with Crippen molar-refractivity contribution in [2.75, 3.05) is 18.6 Å². The van der Waals surface area contributed by atoms with Gasteiger partial charge in [-0.2, -0.15) is 0 Å². The summed E-state index contributed by atoms with van der Waals surface area (Å²) in [4.78, 5) is 2.46. The summed E-state index contributed by atoms with van der Waals surface area (Å²) in [7, 11) is 1.76. The van der Waals surface area contributed by atoms with Gasteiger partial charge in [-0.3, -0.25) is 0 Å². The van der Waals surface area contributed by atoms with Crippen molar-refractivity contribution in [1.82, 2.24) is 0 Å². The Morgan fingerprint density at radius 1 is 1.05 bits per heavy atom. The monoisotopic (exact) mass is 289 g/mol. The van der Waals surface area contributed by atoms with Gasteiger partial charge in [0.25, 0.3) is 0 Å². The highest BCUT2D eigenvalue weighted by Crippen LogP contribution is 2.34. The minimum Gasteiger partial charge on any atom is -0.496 e. The molecule has 3 heteroatoms. The van der Waals surface area contributed by atoms with Crippen molar-refractivity contribution in [1.29, 1.82) is 0 Å². The number of anilines is 1. The van der Waals surface area contributed by atoms with Crippen LogP contribution < -0.4 is 9.64 Å². The Morgan fingerprint density at radius 2 is 1.85 bits per heavy atom. The van der Waals surface area contributed by atoms with E-state index in [1.54, 1.807) is 7.11 Å². The molecule has 0 aromatic heterocycles. The number of hydrogen-bond acceptors (Lipinski definition) is 2. The summed E-state index contributed by atoms with van der Waals surface area (Å²) < 4.78 is 5.48. The lowest BCUT2D eigenvalue weighted by atomic mass is 10.00. The van der Waals surface area contributed by atoms with Crippen molar-refractivity contribution in [2.24, 2.45) is 0 Å². The topological polar surface area (TPSA) is 12.5 Å². The summed E-state index contributed by atoms with van der Waals surface area (Å²) in [5.41, 5.74) is 4.04. The molecular weight excluding hydrogens is 270 g/mol. The number of rotatable bonds is 3. The van der Waals surface area contributed by atoms with Gasteiger partial charge in [0, 0.05) is 24.3 Å². The second-order valence-corrected chi connectivity index (χ2v) is 4.97. The fourth-order valence-electron chi connectivity index (χ4n) is 2.83. The highest BCUT2D eigenvalue weighted by molar-refractivity contribution is 5.85. The van der Waals surface area contributed by atoms with Gasteiger partial charge in [0.05, 0.1) is 7.11 Å². The van der Waals surface area contributed by atoms with E-state index in [0.717, 1.165) is 25.3 Å². The Hall–Kier alpha value is -1.67. The SMILES string of the molecule is COc1cccc2c1CCCN2Cc1ccccc1.Cl. The number of nitrogens with zero attached hydrogens (tertiary/aromatic N) is 1. The highest BCUT2D eigenvalue weighted by Gasteiger charge is 2.19. The van der Waals surface area contributed by atoms with Gasteiger partial charge in [-0.15, -0.1) is 12.4 Å². The molecule has 0 unspecified atom stereocenters. The van der Waals surface area contributed by atoms with Crippen LogP contribution >= 0.6 is 12.4 Å². The van der Waals surface area contributed by atoms with Crippen molar-refractivity contribution in [3.05, 3.63) is 59.7 Å². The van der Waals surface area contributed by atoms with Crippen LogP contribution in [0.2, 0.25) is 0 Å². The fourth-order valence-corrected chi connectivity index (χ4v) is 2.83. The summed E-state index contributed by atoms with van der Waals surface area (Å²) in [6.45, 7) is 2.09. The predicted octanol–water partition coefficient (Wildman–Crippen LogP) is 4.07. The molecule has 20 heavy (non-hydrogen) atoms. The first-order chi connectivity index (χ1) is 9.38. The van der Waals surface area contributed by atoms with Crippen molar-refractivity contribution >= 4 is 18.1 Å². The third kappa shape index (κ3) is 2.91. The van der Waals surface area contributed by atoms with Gasteiger partial charge in [0.15, 0.2) is 0 Å². The molecule has 106 valence electrons. The molecule has 0 radical (unpaired) electrons. The lowest BCUT2D eigenvalue weighted by Crippen LogP contribution is -2.28. The largest absolute Gasteiger partial charge is 0.496 e. The molecule has 3 rings (SSSR count). The molecule has 1 aliphatic heterocycles. The molecule has 2 nitrogen and oxygen atoms in total. The Morgan fingerprint density at radius 3 is 2.60 bits per heavy atom. The molecule has 0 atom stereocenters. The maximum absolute atomic E-state index is 5.48. The molecule has 0 saturated heterocycles. The molecule has 0 aliphatic carbocycles. The maximum Gasteiger partial charge on any atom is 0.124 e. The van der Waals surface area contributed by atoms with E-state index in [9.17, 15) is 0 Å². The van der Waals surface area contributed by atoms with Crippen molar-refractivity contribution in [3.8, 4) is 5.75 Å². The predicted molar refractivity (Wildman–Crippen MR) is 86.1 cm³/mol. The average molecular weight is 290 g/mol. The molecule has 2 aromatic rings. The molecule has 0 amide bonds. The Labute approximate surface area is 126 Å². The molecule has 0 bridgehead atoms. The van der Waals surface area contributed by atoms with E-state index < -0.39 is 0 Å². The summed E-state index contributed by atoms with van der Waals surface area (Å²) in [5, 5.41) is 0. The first kappa shape index (κ1) is 14.7. The number of methoxy groups -OCH3 is 1. The van der Waals surface area contributed by atoms with Gasteiger partial charge < -0.3 is 9.64 Å². The first-order valence-electron chi connectivity index (χ1n) is 6.83. The van der Waals surface area contributed by atoms with E-state index in [0.29, 0.717) is 0 Å². The van der Waals surface area contributed by atoms with Crippen molar-refractivity contribution < 1.29 is 4.74 Å². The zero-order chi connectivity index (χ0) is 13.1. The summed E-state index contributed by atoms with van der Waals surface area (Å²) >= 11 is 0. The zero-order valence-corrected chi connectivity index (χ0v) is 12.5. The van der Waals surface area contributed by atoms with Crippen LogP contribution in [0.4, 0.5) is 5.69 Å². The van der Waals surface area contributed by atoms with Gasteiger partial charge in [-0.05, 0) is 30.5 Å². The number of ether oxygens (including phenoxy) is 1. The number of hydrogen-bond donors (Lipinski definition) is 0. The lowest BCUT2D eigenvalue weighted by molar-refractivity contribution is 0.407. The second kappa shape index (κ2) is 6.67. The van der Waals surface area contributed by atoms with Gasteiger partial charge in [0.1, 0.15) is 5.75 Å². The normalized spacial score (nSPS) is 13.3. The fraction of sp³-hybridized carbons (Fsp3) is 0.294. The van der Waals surface area contributed by atoms with Gasteiger partial charge in [-0.1, -0.05) is 36.4 Å². The van der Waals surface area contributed by atoms with Crippen LogP contribution in [-0.4, -0.2) is 13.7 Å². The van der Waals surface area contributed by atoms with E-state index in [2.05, 4.69) is 53.4 Å². The zero-order valence-electron chi connectivity index (χ0n) is 11.7. The van der Waals surface area contributed by atoms with E-state index in [1.165, 1.54) is 23.2 Å². The number of fused-ring (bicyclic) bond motifs is 1. The molecule has 2 aromatic carbocycles. The van der Waals surface area contributed by atoms with Crippen LogP contribution in [0.1, 0.15) is 17.5 Å². The molecule has 1 heterocycles.